The highest BCUT2D eigenvalue weighted by atomic mass is 16.6. The summed E-state index contributed by atoms with van der Waals surface area (Å²) in [4.78, 5) is 43.4. The van der Waals surface area contributed by atoms with E-state index in [0.717, 1.165) is 5.69 Å². The Morgan fingerprint density at radius 1 is 1.21 bits per heavy atom. The van der Waals surface area contributed by atoms with E-state index in [2.05, 4.69) is 10.3 Å². The van der Waals surface area contributed by atoms with Gasteiger partial charge in [-0.1, -0.05) is 6.07 Å². The molecule has 0 unspecified atom stereocenters. The number of nitro groups is 1. The summed E-state index contributed by atoms with van der Waals surface area (Å²) in [5, 5.41) is 13.7. The summed E-state index contributed by atoms with van der Waals surface area (Å²) in [5.74, 6) is -0.147. The van der Waals surface area contributed by atoms with Gasteiger partial charge in [0, 0.05) is 44.0 Å². The fourth-order valence-corrected chi connectivity index (χ4v) is 3.64. The maximum absolute atomic E-state index is 13.1. The van der Waals surface area contributed by atoms with Crippen molar-refractivity contribution < 1.29 is 14.5 Å². The standard InChI is InChI=1S/C20H19N5O4/c1-23-16-12-24(11-9-14-4-2-3-10-21-14)19(26)17(16)18(22-20(23)27)13-5-7-15(8-6-13)25(28)29/h2-8,10,18H,9,11-12H2,1H3,(H,22,27)/t18-/m1/s1. The van der Waals surface area contributed by atoms with Gasteiger partial charge in [0.05, 0.1) is 28.8 Å². The third-order valence-electron chi connectivity index (χ3n) is 5.24. The minimum absolute atomic E-state index is 0.0445. The summed E-state index contributed by atoms with van der Waals surface area (Å²) >= 11 is 0. The quantitative estimate of drug-likeness (QED) is 0.618. The lowest BCUT2D eigenvalue weighted by atomic mass is 9.95. The third-order valence-corrected chi connectivity index (χ3v) is 5.24. The van der Waals surface area contributed by atoms with Crippen molar-refractivity contribution in [2.75, 3.05) is 20.1 Å². The molecule has 0 bridgehead atoms. The van der Waals surface area contributed by atoms with Crippen molar-refractivity contribution in [3.63, 3.8) is 0 Å². The highest BCUT2D eigenvalue weighted by Gasteiger charge is 2.42. The number of rotatable bonds is 5. The number of aromatic nitrogens is 1. The Morgan fingerprint density at radius 2 is 1.97 bits per heavy atom. The van der Waals surface area contributed by atoms with Gasteiger partial charge >= 0.3 is 6.03 Å². The lowest BCUT2D eigenvalue weighted by Gasteiger charge is -2.31. The van der Waals surface area contributed by atoms with Crippen LogP contribution in [0.15, 0.2) is 59.9 Å². The molecule has 4 rings (SSSR count). The summed E-state index contributed by atoms with van der Waals surface area (Å²) in [6.45, 7) is 0.826. The number of amides is 3. The van der Waals surface area contributed by atoms with Crippen LogP contribution in [-0.2, 0) is 11.2 Å². The minimum atomic E-state index is -0.637. The summed E-state index contributed by atoms with van der Waals surface area (Å²) in [6, 6.07) is 10.6. The molecule has 0 radical (unpaired) electrons. The summed E-state index contributed by atoms with van der Waals surface area (Å²) < 4.78 is 0. The maximum Gasteiger partial charge on any atom is 0.322 e. The van der Waals surface area contributed by atoms with Gasteiger partial charge in [-0.25, -0.2) is 4.79 Å². The Kier molecular flexibility index (Phi) is 4.71. The topological polar surface area (TPSA) is 109 Å². The molecule has 0 fully saturated rings. The van der Waals surface area contributed by atoms with Gasteiger partial charge in [0.2, 0.25) is 0 Å². The molecule has 9 nitrogen and oxygen atoms in total. The fourth-order valence-electron chi connectivity index (χ4n) is 3.64. The molecule has 1 N–H and O–H groups in total. The number of non-ortho nitro benzene ring substituents is 1. The first kappa shape index (κ1) is 18.6. The highest BCUT2D eigenvalue weighted by Crippen LogP contribution is 2.36. The second-order valence-corrected chi connectivity index (χ2v) is 6.95. The first-order chi connectivity index (χ1) is 14.0. The molecule has 2 aliphatic heterocycles. The smallest absolute Gasteiger partial charge is 0.322 e. The Labute approximate surface area is 166 Å². The number of benzene rings is 1. The summed E-state index contributed by atoms with van der Waals surface area (Å²) in [6.07, 6.45) is 2.33. The van der Waals surface area contributed by atoms with E-state index in [1.807, 2.05) is 18.2 Å². The average molecular weight is 393 g/mol. The predicted molar refractivity (Wildman–Crippen MR) is 104 cm³/mol. The van der Waals surface area contributed by atoms with E-state index in [9.17, 15) is 19.7 Å². The monoisotopic (exact) mass is 393 g/mol. The van der Waals surface area contributed by atoms with Crippen LogP contribution in [0.5, 0.6) is 0 Å². The van der Waals surface area contributed by atoms with Crippen LogP contribution >= 0.6 is 0 Å². The van der Waals surface area contributed by atoms with Gasteiger partial charge < -0.3 is 10.2 Å². The highest BCUT2D eigenvalue weighted by molar-refractivity contribution is 6.01. The average Bonchev–Trinajstić information content (AvgIpc) is 3.07. The molecule has 29 heavy (non-hydrogen) atoms. The number of nitro benzene ring substituents is 1. The zero-order valence-electron chi connectivity index (χ0n) is 15.7. The molecule has 2 aliphatic rings. The second kappa shape index (κ2) is 7.34. The Bertz CT molecular complexity index is 1000. The Morgan fingerprint density at radius 3 is 2.62 bits per heavy atom. The predicted octanol–water partition coefficient (Wildman–Crippen LogP) is 2.02. The van der Waals surface area contributed by atoms with Crippen molar-refractivity contribution in [3.05, 3.63) is 81.3 Å². The molecule has 0 saturated carbocycles. The molecule has 3 heterocycles. The zero-order chi connectivity index (χ0) is 20.5. The van der Waals surface area contributed by atoms with Crippen molar-refractivity contribution in [1.82, 2.24) is 20.1 Å². The Hall–Kier alpha value is -3.75. The van der Waals surface area contributed by atoms with Gasteiger partial charge in [-0.05, 0) is 29.8 Å². The van der Waals surface area contributed by atoms with E-state index in [1.54, 1.807) is 30.3 Å². The number of carbonyl (C=O) groups is 2. The number of carbonyl (C=O) groups excluding carboxylic acids is 2. The fraction of sp³-hybridized carbons (Fsp3) is 0.250. The summed E-state index contributed by atoms with van der Waals surface area (Å²) in [5.41, 5.74) is 2.63. The van der Waals surface area contributed by atoms with Crippen LogP contribution < -0.4 is 5.32 Å². The van der Waals surface area contributed by atoms with Crippen LogP contribution in [0.1, 0.15) is 17.3 Å². The molecule has 3 amide bonds. The van der Waals surface area contributed by atoms with E-state index in [4.69, 9.17) is 0 Å². The summed E-state index contributed by atoms with van der Waals surface area (Å²) in [7, 11) is 1.63. The molecule has 0 spiro atoms. The van der Waals surface area contributed by atoms with Crippen LogP contribution in [0.3, 0.4) is 0 Å². The van der Waals surface area contributed by atoms with Gasteiger partial charge in [-0.3, -0.25) is 24.8 Å². The lowest BCUT2D eigenvalue weighted by Crippen LogP contribution is -2.45. The number of urea groups is 1. The van der Waals surface area contributed by atoms with Gasteiger partial charge in [0.25, 0.3) is 11.6 Å². The van der Waals surface area contributed by atoms with E-state index in [-0.39, 0.29) is 17.6 Å². The third kappa shape index (κ3) is 3.42. The SMILES string of the molecule is CN1C(=O)N[C@H](c2ccc([N+](=O)[O-])cc2)C2=C1CN(CCc1ccccn1)C2=O. The zero-order valence-corrected chi connectivity index (χ0v) is 15.7. The van der Waals surface area contributed by atoms with Crippen molar-refractivity contribution in [1.29, 1.82) is 0 Å². The lowest BCUT2D eigenvalue weighted by molar-refractivity contribution is -0.384. The molecular weight excluding hydrogens is 374 g/mol. The van der Waals surface area contributed by atoms with E-state index in [1.165, 1.54) is 17.0 Å². The number of nitrogens with one attached hydrogen (secondary N) is 1. The van der Waals surface area contributed by atoms with Crippen LogP contribution in [0.25, 0.3) is 0 Å². The maximum atomic E-state index is 13.1. The molecule has 1 atom stereocenters. The normalized spacial score (nSPS) is 18.7. The largest absolute Gasteiger partial charge is 0.333 e. The number of hydrogen-bond donors (Lipinski definition) is 1. The molecule has 1 aromatic carbocycles. The number of hydrogen-bond acceptors (Lipinski definition) is 5. The molecule has 1 aromatic heterocycles. The van der Waals surface area contributed by atoms with Crippen LogP contribution in [-0.4, -0.2) is 51.8 Å². The van der Waals surface area contributed by atoms with Gasteiger partial charge in [0.15, 0.2) is 0 Å². The minimum Gasteiger partial charge on any atom is -0.333 e. The van der Waals surface area contributed by atoms with Crippen LogP contribution in [0.2, 0.25) is 0 Å². The van der Waals surface area contributed by atoms with Crippen LogP contribution in [0.4, 0.5) is 10.5 Å². The van der Waals surface area contributed by atoms with Crippen molar-refractivity contribution in [2.24, 2.45) is 0 Å². The van der Waals surface area contributed by atoms with E-state index >= 15 is 0 Å². The van der Waals surface area contributed by atoms with Crippen molar-refractivity contribution >= 4 is 17.6 Å². The van der Waals surface area contributed by atoms with Gasteiger partial charge in [-0.15, -0.1) is 0 Å². The molecule has 0 saturated heterocycles. The number of pyridine rings is 1. The van der Waals surface area contributed by atoms with Crippen molar-refractivity contribution in [2.45, 2.75) is 12.5 Å². The number of likely N-dealkylation sites (N-methyl/N-ethyl adjacent to an activating group) is 1. The molecule has 2 aromatic rings. The van der Waals surface area contributed by atoms with E-state index in [0.29, 0.717) is 36.3 Å². The first-order valence-electron chi connectivity index (χ1n) is 9.16. The molecule has 148 valence electrons. The molecule has 0 aliphatic carbocycles. The molecular formula is C20H19N5O4. The Balaban J connectivity index is 1.59. The van der Waals surface area contributed by atoms with Gasteiger partial charge in [-0.2, -0.15) is 0 Å². The van der Waals surface area contributed by atoms with Crippen LogP contribution in [0, 0.1) is 10.1 Å². The second-order valence-electron chi connectivity index (χ2n) is 6.95. The van der Waals surface area contributed by atoms with Crippen molar-refractivity contribution in [3.8, 4) is 0 Å². The first-order valence-corrected chi connectivity index (χ1v) is 9.16. The van der Waals surface area contributed by atoms with Gasteiger partial charge in [0.1, 0.15) is 0 Å². The number of nitrogens with zero attached hydrogens (tertiary/aromatic N) is 4. The molecule has 9 heteroatoms. The van der Waals surface area contributed by atoms with E-state index < -0.39 is 11.0 Å².